The van der Waals surface area contributed by atoms with Gasteiger partial charge in [0.15, 0.2) is 0 Å². The van der Waals surface area contributed by atoms with Gasteiger partial charge in [0.05, 0.1) is 0 Å². The van der Waals surface area contributed by atoms with Crippen molar-refractivity contribution in [2.24, 2.45) is 5.92 Å². The summed E-state index contributed by atoms with van der Waals surface area (Å²) in [5.41, 5.74) is 2.43. The van der Waals surface area contributed by atoms with E-state index in [4.69, 9.17) is 0 Å². The lowest BCUT2D eigenvalue weighted by atomic mass is 9.93. The van der Waals surface area contributed by atoms with E-state index in [1.165, 1.54) is 24.9 Å². The fraction of sp³-hybridized carbons (Fsp3) is 0.550. The number of rotatable bonds is 6. The Balaban J connectivity index is 1.49. The Labute approximate surface area is 151 Å². The number of hydrogen-bond donors (Lipinski definition) is 0. The third kappa shape index (κ3) is 4.68. The number of aromatic nitrogens is 3. The molecule has 0 spiro atoms. The van der Waals surface area contributed by atoms with Crippen molar-refractivity contribution < 1.29 is 0 Å². The molecule has 1 fully saturated rings. The van der Waals surface area contributed by atoms with Crippen LogP contribution in [0.1, 0.15) is 37.7 Å². The fourth-order valence-electron chi connectivity index (χ4n) is 3.51. The number of aryl methyl sites for hydroxylation is 2. The van der Waals surface area contributed by atoms with Crippen LogP contribution < -0.4 is 9.80 Å². The molecule has 134 valence electrons. The molecule has 0 aromatic carbocycles. The van der Waals surface area contributed by atoms with Crippen molar-refractivity contribution in [2.45, 2.75) is 39.5 Å². The Morgan fingerprint density at radius 2 is 1.88 bits per heavy atom. The number of pyridine rings is 1. The number of anilines is 2. The second-order valence-electron chi connectivity index (χ2n) is 6.96. The first kappa shape index (κ1) is 17.6. The molecule has 0 atom stereocenters. The zero-order chi connectivity index (χ0) is 17.6. The first-order valence-electron chi connectivity index (χ1n) is 9.36. The molecule has 0 bridgehead atoms. The zero-order valence-electron chi connectivity index (χ0n) is 15.6. The summed E-state index contributed by atoms with van der Waals surface area (Å²) < 4.78 is 0. The molecule has 1 saturated heterocycles. The lowest BCUT2D eigenvalue weighted by Crippen LogP contribution is -2.35. The van der Waals surface area contributed by atoms with Gasteiger partial charge in [-0.25, -0.2) is 9.97 Å². The Morgan fingerprint density at radius 3 is 2.56 bits per heavy atom. The molecule has 0 unspecified atom stereocenters. The minimum atomic E-state index is 0.800. The standard InChI is InChI=1S/C20H29N5/c1-4-18-15-20(23-16(2)22-18)24(3)12-7-17-8-13-25(14-9-17)19-5-10-21-11-6-19/h5-6,10-11,15,17H,4,7-9,12-14H2,1-3H3. The third-order valence-electron chi connectivity index (χ3n) is 5.15. The molecule has 25 heavy (non-hydrogen) atoms. The summed E-state index contributed by atoms with van der Waals surface area (Å²) in [5.74, 6) is 2.72. The molecule has 0 amide bonds. The molecule has 0 aliphatic carbocycles. The van der Waals surface area contributed by atoms with Gasteiger partial charge in [0.1, 0.15) is 11.6 Å². The Morgan fingerprint density at radius 1 is 1.16 bits per heavy atom. The lowest BCUT2D eigenvalue weighted by Gasteiger charge is -2.34. The summed E-state index contributed by atoms with van der Waals surface area (Å²) in [4.78, 5) is 17.9. The summed E-state index contributed by atoms with van der Waals surface area (Å²) in [5, 5.41) is 0. The predicted octanol–water partition coefficient (Wildman–Crippen LogP) is 3.49. The highest BCUT2D eigenvalue weighted by Gasteiger charge is 2.20. The van der Waals surface area contributed by atoms with Gasteiger partial charge in [-0.15, -0.1) is 0 Å². The summed E-state index contributed by atoms with van der Waals surface area (Å²) in [6.45, 7) is 7.46. The van der Waals surface area contributed by atoms with Crippen LogP contribution in [0.2, 0.25) is 0 Å². The molecule has 0 radical (unpaired) electrons. The minimum Gasteiger partial charge on any atom is -0.371 e. The maximum Gasteiger partial charge on any atom is 0.132 e. The molecule has 0 N–H and O–H groups in total. The van der Waals surface area contributed by atoms with Crippen LogP contribution in [0.15, 0.2) is 30.6 Å². The second-order valence-corrected chi connectivity index (χ2v) is 6.96. The van der Waals surface area contributed by atoms with Crippen molar-refractivity contribution in [3.8, 4) is 0 Å². The van der Waals surface area contributed by atoms with Gasteiger partial charge in [-0.2, -0.15) is 0 Å². The van der Waals surface area contributed by atoms with Crippen LogP contribution in [0.3, 0.4) is 0 Å². The summed E-state index contributed by atoms with van der Waals surface area (Å²) in [6, 6.07) is 6.34. The molecule has 1 aliphatic heterocycles. The van der Waals surface area contributed by atoms with E-state index in [-0.39, 0.29) is 0 Å². The molecule has 1 aliphatic rings. The third-order valence-corrected chi connectivity index (χ3v) is 5.15. The lowest BCUT2D eigenvalue weighted by molar-refractivity contribution is 0.384. The molecule has 0 saturated carbocycles. The topological polar surface area (TPSA) is 45.2 Å². The van der Waals surface area contributed by atoms with Crippen LogP contribution in [-0.4, -0.2) is 41.6 Å². The fourth-order valence-corrected chi connectivity index (χ4v) is 3.51. The second kappa shape index (κ2) is 8.28. The monoisotopic (exact) mass is 339 g/mol. The molecule has 2 aromatic heterocycles. The van der Waals surface area contributed by atoms with Crippen LogP contribution in [0.5, 0.6) is 0 Å². The summed E-state index contributed by atoms with van der Waals surface area (Å²) in [6.07, 6.45) is 8.47. The van der Waals surface area contributed by atoms with Crippen LogP contribution in [0, 0.1) is 12.8 Å². The smallest absolute Gasteiger partial charge is 0.132 e. The maximum atomic E-state index is 4.60. The molecular weight excluding hydrogens is 310 g/mol. The van der Waals surface area contributed by atoms with Crippen molar-refractivity contribution in [1.29, 1.82) is 0 Å². The van der Waals surface area contributed by atoms with E-state index in [2.05, 4.69) is 56.9 Å². The number of piperidine rings is 1. The molecule has 5 heteroatoms. The van der Waals surface area contributed by atoms with Crippen LogP contribution in [-0.2, 0) is 6.42 Å². The number of nitrogens with zero attached hydrogens (tertiary/aromatic N) is 5. The van der Waals surface area contributed by atoms with Gasteiger partial charge < -0.3 is 9.80 Å². The van der Waals surface area contributed by atoms with Gasteiger partial charge in [-0.3, -0.25) is 4.98 Å². The SMILES string of the molecule is CCc1cc(N(C)CCC2CCN(c3ccncc3)CC2)nc(C)n1. The maximum absolute atomic E-state index is 4.60. The van der Waals surface area contributed by atoms with E-state index in [0.717, 1.165) is 49.3 Å². The van der Waals surface area contributed by atoms with Crippen molar-refractivity contribution >= 4 is 11.5 Å². The number of hydrogen-bond acceptors (Lipinski definition) is 5. The van der Waals surface area contributed by atoms with E-state index in [1.54, 1.807) is 0 Å². The van der Waals surface area contributed by atoms with E-state index in [1.807, 2.05) is 19.3 Å². The highest BCUT2D eigenvalue weighted by atomic mass is 15.2. The van der Waals surface area contributed by atoms with Gasteiger partial charge in [-0.1, -0.05) is 6.92 Å². The normalized spacial score (nSPS) is 15.4. The van der Waals surface area contributed by atoms with E-state index in [0.29, 0.717) is 0 Å². The Bertz CT molecular complexity index is 665. The summed E-state index contributed by atoms with van der Waals surface area (Å²) >= 11 is 0. The van der Waals surface area contributed by atoms with Crippen LogP contribution in [0.4, 0.5) is 11.5 Å². The molecule has 3 rings (SSSR count). The average molecular weight is 339 g/mol. The van der Waals surface area contributed by atoms with Crippen LogP contribution >= 0.6 is 0 Å². The van der Waals surface area contributed by atoms with E-state index >= 15 is 0 Å². The molecular formula is C20H29N5. The first-order valence-corrected chi connectivity index (χ1v) is 9.36. The van der Waals surface area contributed by atoms with Crippen molar-refractivity contribution in [1.82, 2.24) is 15.0 Å². The quantitative estimate of drug-likeness (QED) is 0.806. The molecule has 5 nitrogen and oxygen atoms in total. The van der Waals surface area contributed by atoms with Crippen molar-refractivity contribution in [2.75, 3.05) is 36.5 Å². The first-order chi connectivity index (χ1) is 12.2. The summed E-state index contributed by atoms with van der Waals surface area (Å²) in [7, 11) is 2.15. The van der Waals surface area contributed by atoms with Gasteiger partial charge in [-0.05, 0) is 50.7 Å². The van der Waals surface area contributed by atoms with Gasteiger partial charge >= 0.3 is 0 Å². The van der Waals surface area contributed by atoms with E-state index in [9.17, 15) is 0 Å². The highest BCUT2D eigenvalue weighted by molar-refractivity contribution is 5.44. The zero-order valence-corrected chi connectivity index (χ0v) is 15.6. The van der Waals surface area contributed by atoms with Crippen molar-refractivity contribution in [3.05, 3.63) is 42.1 Å². The largest absolute Gasteiger partial charge is 0.371 e. The predicted molar refractivity (Wildman–Crippen MR) is 103 cm³/mol. The average Bonchev–Trinajstić information content (AvgIpc) is 2.66. The van der Waals surface area contributed by atoms with Crippen LogP contribution in [0.25, 0.3) is 0 Å². The highest BCUT2D eigenvalue weighted by Crippen LogP contribution is 2.25. The van der Waals surface area contributed by atoms with E-state index < -0.39 is 0 Å². The van der Waals surface area contributed by atoms with Crippen molar-refractivity contribution in [3.63, 3.8) is 0 Å². The van der Waals surface area contributed by atoms with Gasteiger partial charge in [0.2, 0.25) is 0 Å². The van der Waals surface area contributed by atoms with Gasteiger partial charge in [0.25, 0.3) is 0 Å². The Hall–Kier alpha value is -2.17. The minimum absolute atomic E-state index is 0.800. The molecule has 2 aromatic rings. The Kier molecular flexibility index (Phi) is 5.84. The molecule has 3 heterocycles. The van der Waals surface area contributed by atoms with Gasteiger partial charge in [0, 0.05) is 56.5 Å².